The highest BCUT2D eigenvalue weighted by molar-refractivity contribution is 5.85. The van der Waals surface area contributed by atoms with Crippen LogP contribution in [0.3, 0.4) is 0 Å². The van der Waals surface area contributed by atoms with Crippen LogP contribution in [0.5, 0.6) is 0 Å². The predicted octanol–water partition coefficient (Wildman–Crippen LogP) is 2.10. The number of amides is 1. The van der Waals surface area contributed by atoms with Crippen molar-refractivity contribution in [3.8, 4) is 0 Å². The van der Waals surface area contributed by atoms with Gasteiger partial charge in [0.15, 0.2) is 0 Å². The molecule has 88 valence electrons. The first-order valence-corrected chi connectivity index (χ1v) is 4.24. The molecule has 15 heavy (non-hydrogen) atoms. The Kier molecular flexibility index (Phi) is 2.48. The van der Waals surface area contributed by atoms with Crippen molar-refractivity contribution in [1.29, 1.82) is 0 Å². The smallest absolute Gasteiger partial charge is 0.347 e. The lowest BCUT2D eigenvalue weighted by Gasteiger charge is -2.19. The van der Waals surface area contributed by atoms with Gasteiger partial charge in [-0.25, -0.2) is 0 Å². The van der Waals surface area contributed by atoms with Crippen LogP contribution in [0.2, 0.25) is 0 Å². The molecule has 1 aliphatic rings. The maximum absolute atomic E-state index is 12.4. The van der Waals surface area contributed by atoms with Crippen LogP contribution in [0.1, 0.15) is 20.3 Å². The summed E-state index contributed by atoms with van der Waals surface area (Å²) in [5.41, 5.74) is -0.392. The van der Waals surface area contributed by atoms with Crippen molar-refractivity contribution in [2.45, 2.75) is 38.4 Å². The Morgan fingerprint density at radius 3 is 1.93 bits per heavy atom. The minimum absolute atomic E-state index is 0.392. The SMILES string of the molecule is CC1(C)CC1NC(=O)C(F)(F)C(F)(F)F. The summed E-state index contributed by atoms with van der Waals surface area (Å²) in [7, 11) is 0. The van der Waals surface area contributed by atoms with Crippen molar-refractivity contribution >= 4 is 5.91 Å². The van der Waals surface area contributed by atoms with E-state index in [0.717, 1.165) is 0 Å². The summed E-state index contributed by atoms with van der Waals surface area (Å²) in [6, 6.07) is -0.599. The molecule has 0 spiro atoms. The zero-order valence-electron chi connectivity index (χ0n) is 8.08. The summed E-state index contributed by atoms with van der Waals surface area (Å²) in [4.78, 5) is 10.7. The van der Waals surface area contributed by atoms with Crippen molar-refractivity contribution in [3.05, 3.63) is 0 Å². The number of halogens is 5. The van der Waals surface area contributed by atoms with E-state index in [1.165, 1.54) is 0 Å². The first-order chi connectivity index (χ1) is 6.48. The van der Waals surface area contributed by atoms with Crippen LogP contribution >= 0.6 is 0 Å². The van der Waals surface area contributed by atoms with Gasteiger partial charge in [-0.1, -0.05) is 13.8 Å². The highest BCUT2D eigenvalue weighted by Gasteiger charge is 2.64. The van der Waals surface area contributed by atoms with Gasteiger partial charge in [0.05, 0.1) is 0 Å². The molecule has 0 aliphatic heterocycles. The van der Waals surface area contributed by atoms with Crippen LogP contribution in [0.25, 0.3) is 0 Å². The van der Waals surface area contributed by atoms with Crippen LogP contribution in [-0.2, 0) is 4.79 Å². The van der Waals surface area contributed by atoms with Gasteiger partial charge in [-0.15, -0.1) is 0 Å². The molecular weight excluding hydrogens is 221 g/mol. The van der Waals surface area contributed by atoms with E-state index in [4.69, 9.17) is 0 Å². The van der Waals surface area contributed by atoms with Crippen LogP contribution < -0.4 is 5.32 Å². The second-order valence-electron chi connectivity index (χ2n) is 4.29. The predicted molar refractivity (Wildman–Crippen MR) is 41.3 cm³/mol. The first-order valence-electron chi connectivity index (χ1n) is 4.24. The second-order valence-corrected chi connectivity index (χ2v) is 4.29. The summed E-state index contributed by atoms with van der Waals surface area (Å²) in [6.07, 6.45) is -5.43. The Hall–Kier alpha value is -0.880. The van der Waals surface area contributed by atoms with Gasteiger partial charge in [-0.05, 0) is 11.8 Å². The van der Waals surface area contributed by atoms with Gasteiger partial charge < -0.3 is 5.32 Å². The van der Waals surface area contributed by atoms with E-state index < -0.39 is 29.5 Å². The quantitative estimate of drug-likeness (QED) is 0.724. The number of nitrogens with one attached hydrogen (secondary N) is 1. The van der Waals surface area contributed by atoms with Crippen LogP contribution in [0.15, 0.2) is 0 Å². The molecule has 1 rings (SSSR count). The van der Waals surface area contributed by atoms with Crippen LogP contribution in [0.4, 0.5) is 22.0 Å². The maximum atomic E-state index is 12.4. The summed E-state index contributed by atoms with van der Waals surface area (Å²) >= 11 is 0. The molecule has 0 aromatic heterocycles. The lowest BCUT2D eigenvalue weighted by molar-refractivity contribution is -0.269. The molecule has 0 aromatic carbocycles. The molecule has 0 bridgehead atoms. The third kappa shape index (κ3) is 2.21. The van der Waals surface area contributed by atoms with E-state index >= 15 is 0 Å². The van der Waals surface area contributed by atoms with E-state index in [9.17, 15) is 26.7 Å². The molecular formula is C8H10F5NO. The minimum Gasteiger partial charge on any atom is -0.347 e. The zero-order valence-corrected chi connectivity index (χ0v) is 8.08. The molecule has 1 fully saturated rings. The molecule has 1 atom stereocenters. The summed E-state index contributed by atoms with van der Waals surface area (Å²) in [5, 5.41) is 1.68. The van der Waals surface area contributed by atoms with Crippen molar-refractivity contribution in [3.63, 3.8) is 0 Å². The highest BCUT2D eigenvalue weighted by atomic mass is 19.4. The Morgan fingerprint density at radius 2 is 1.67 bits per heavy atom. The topological polar surface area (TPSA) is 29.1 Å². The molecule has 1 amide bonds. The summed E-state index contributed by atoms with van der Waals surface area (Å²) in [6.45, 7) is 3.34. The first kappa shape index (κ1) is 12.2. The molecule has 2 nitrogen and oxygen atoms in total. The fourth-order valence-corrected chi connectivity index (χ4v) is 1.09. The molecule has 0 heterocycles. The summed E-state index contributed by atoms with van der Waals surface area (Å²) in [5.74, 6) is -7.59. The Labute approximate surface area is 82.8 Å². The van der Waals surface area contributed by atoms with Gasteiger partial charge in [0, 0.05) is 6.04 Å². The highest BCUT2D eigenvalue weighted by Crippen LogP contribution is 2.45. The maximum Gasteiger partial charge on any atom is 0.463 e. The Bertz CT molecular complexity index is 283. The van der Waals surface area contributed by atoms with Gasteiger partial charge in [-0.3, -0.25) is 4.79 Å². The standard InChI is InChI=1S/C8H10F5NO/c1-6(2)3-4(6)14-5(15)7(9,10)8(11,12)13/h4H,3H2,1-2H3,(H,14,15). The Balaban J connectivity index is 2.62. The lowest BCUT2D eigenvalue weighted by atomic mass is 10.2. The van der Waals surface area contributed by atoms with Gasteiger partial charge in [0.1, 0.15) is 0 Å². The van der Waals surface area contributed by atoms with E-state index in [2.05, 4.69) is 0 Å². The number of alkyl halides is 5. The van der Waals surface area contributed by atoms with Crippen molar-refractivity contribution < 1.29 is 26.7 Å². The number of hydrogen-bond acceptors (Lipinski definition) is 1. The number of rotatable bonds is 2. The fraction of sp³-hybridized carbons (Fsp3) is 0.875. The number of carbonyl (C=O) groups is 1. The minimum atomic E-state index is -5.84. The molecule has 1 unspecified atom stereocenters. The average molecular weight is 231 g/mol. The van der Waals surface area contributed by atoms with Gasteiger partial charge in [-0.2, -0.15) is 22.0 Å². The number of hydrogen-bond donors (Lipinski definition) is 1. The molecule has 0 saturated heterocycles. The van der Waals surface area contributed by atoms with Crippen LogP contribution in [0, 0.1) is 5.41 Å². The summed E-state index contributed by atoms with van der Waals surface area (Å²) < 4.78 is 60.1. The van der Waals surface area contributed by atoms with Gasteiger partial charge >= 0.3 is 18.0 Å². The largest absolute Gasteiger partial charge is 0.463 e. The molecule has 7 heteroatoms. The second kappa shape index (κ2) is 3.05. The molecule has 1 saturated carbocycles. The zero-order chi connectivity index (χ0) is 12.1. The van der Waals surface area contributed by atoms with Crippen molar-refractivity contribution in [2.24, 2.45) is 5.41 Å². The fourth-order valence-electron chi connectivity index (χ4n) is 1.09. The third-order valence-corrected chi connectivity index (χ3v) is 2.46. The molecule has 1 N–H and O–H groups in total. The normalized spacial score (nSPS) is 24.9. The van der Waals surface area contributed by atoms with E-state index in [1.807, 2.05) is 0 Å². The van der Waals surface area contributed by atoms with E-state index in [-0.39, 0.29) is 0 Å². The van der Waals surface area contributed by atoms with Crippen LogP contribution in [-0.4, -0.2) is 24.0 Å². The Morgan fingerprint density at radius 1 is 1.27 bits per heavy atom. The third-order valence-electron chi connectivity index (χ3n) is 2.46. The number of carbonyl (C=O) groups excluding carboxylic acids is 1. The monoisotopic (exact) mass is 231 g/mol. The van der Waals surface area contributed by atoms with Gasteiger partial charge in [0.25, 0.3) is 0 Å². The van der Waals surface area contributed by atoms with Gasteiger partial charge in [0.2, 0.25) is 0 Å². The average Bonchev–Trinajstić information content (AvgIpc) is 2.55. The molecule has 1 aliphatic carbocycles. The lowest BCUT2D eigenvalue weighted by Crippen LogP contribution is -2.51. The molecule has 0 aromatic rings. The van der Waals surface area contributed by atoms with E-state index in [0.29, 0.717) is 6.42 Å². The van der Waals surface area contributed by atoms with Crippen molar-refractivity contribution in [2.75, 3.05) is 0 Å². The van der Waals surface area contributed by atoms with Crippen molar-refractivity contribution in [1.82, 2.24) is 5.32 Å². The van der Waals surface area contributed by atoms with E-state index in [1.54, 1.807) is 19.2 Å². The molecule has 0 radical (unpaired) electrons.